The van der Waals surface area contributed by atoms with E-state index in [2.05, 4.69) is 23.8 Å². The quantitative estimate of drug-likeness (QED) is 0.674. The van der Waals surface area contributed by atoms with Crippen molar-refractivity contribution in [1.29, 1.82) is 0 Å². The standard InChI is InChI=1S/C12H16N4/c1-7(2)10-11(16-12(14)15-10)8-5-3-4-6-9(8)13/h3-7H,13H2,1-2H3,(H3,14,15,16). The molecule has 16 heavy (non-hydrogen) atoms. The van der Waals surface area contributed by atoms with Crippen LogP contribution in [0.3, 0.4) is 0 Å². The van der Waals surface area contributed by atoms with Crippen molar-refractivity contribution >= 4 is 11.6 Å². The minimum absolute atomic E-state index is 0.333. The molecule has 1 aromatic heterocycles. The minimum Gasteiger partial charge on any atom is -0.398 e. The Morgan fingerprint density at radius 2 is 1.88 bits per heavy atom. The normalized spacial score (nSPS) is 10.9. The van der Waals surface area contributed by atoms with E-state index >= 15 is 0 Å². The van der Waals surface area contributed by atoms with Crippen molar-refractivity contribution < 1.29 is 0 Å². The number of aromatic nitrogens is 2. The number of anilines is 2. The maximum Gasteiger partial charge on any atom is 0.198 e. The summed E-state index contributed by atoms with van der Waals surface area (Å²) in [5, 5.41) is 0. The largest absolute Gasteiger partial charge is 0.398 e. The van der Waals surface area contributed by atoms with E-state index in [0.717, 1.165) is 22.6 Å². The zero-order valence-corrected chi connectivity index (χ0v) is 9.49. The molecule has 5 N–H and O–H groups in total. The number of imidazole rings is 1. The topological polar surface area (TPSA) is 80.7 Å². The molecule has 0 aliphatic carbocycles. The molecule has 0 saturated carbocycles. The molecule has 1 aromatic carbocycles. The molecule has 0 atom stereocenters. The Morgan fingerprint density at radius 3 is 2.50 bits per heavy atom. The number of H-pyrrole nitrogens is 1. The smallest absolute Gasteiger partial charge is 0.198 e. The van der Waals surface area contributed by atoms with E-state index in [-0.39, 0.29) is 0 Å². The van der Waals surface area contributed by atoms with Crippen molar-refractivity contribution in [3.8, 4) is 11.3 Å². The van der Waals surface area contributed by atoms with Gasteiger partial charge in [0.25, 0.3) is 0 Å². The van der Waals surface area contributed by atoms with Crippen LogP contribution in [0, 0.1) is 0 Å². The zero-order chi connectivity index (χ0) is 11.7. The van der Waals surface area contributed by atoms with E-state index in [1.54, 1.807) is 0 Å². The number of nitrogens with zero attached hydrogens (tertiary/aromatic N) is 1. The fourth-order valence-corrected chi connectivity index (χ4v) is 1.74. The average Bonchev–Trinajstić information content (AvgIpc) is 2.61. The summed E-state index contributed by atoms with van der Waals surface area (Å²) in [6.07, 6.45) is 0. The van der Waals surface area contributed by atoms with Crippen molar-refractivity contribution in [1.82, 2.24) is 9.97 Å². The highest BCUT2D eigenvalue weighted by Crippen LogP contribution is 2.31. The second-order valence-corrected chi connectivity index (χ2v) is 4.13. The van der Waals surface area contributed by atoms with Crippen LogP contribution in [-0.4, -0.2) is 9.97 Å². The van der Waals surface area contributed by atoms with Crippen LogP contribution in [-0.2, 0) is 0 Å². The molecule has 2 rings (SSSR count). The number of hydrogen-bond donors (Lipinski definition) is 3. The number of rotatable bonds is 2. The number of para-hydroxylation sites is 1. The lowest BCUT2D eigenvalue weighted by molar-refractivity contribution is 0.836. The Hall–Kier alpha value is -1.97. The zero-order valence-electron chi connectivity index (χ0n) is 9.49. The second kappa shape index (κ2) is 3.89. The van der Waals surface area contributed by atoms with E-state index in [1.807, 2.05) is 24.3 Å². The molecule has 1 heterocycles. The Kier molecular flexibility index (Phi) is 2.56. The molecular weight excluding hydrogens is 200 g/mol. The van der Waals surface area contributed by atoms with Crippen LogP contribution in [0.1, 0.15) is 25.5 Å². The van der Waals surface area contributed by atoms with Crippen molar-refractivity contribution in [3.63, 3.8) is 0 Å². The molecule has 0 aliphatic heterocycles. The van der Waals surface area contributed by atoms with Crippen molar-refractivity contribution in [3.05, 3.63) is 30.0 Å². The molecule has 0 saturated heterocycles. The summed E-state index contributed by atoms with van der Waals surface area (Å²) < 4.78 is 0. The number of nitrogens with two attached hydrogens (primary N) is 2. The summed E-state index contributed by atoms with van der Waals surface area (Å²) in [7, 11) is 0. The molecule has 84 valence electrons. The van der Waals surface area contributed by atoms with Gasteiger partial charge in [-0.15, -0.1) is 0 Å². The molecule has 4 nitrogen and oxygen atoms in total. The first kappa shape index (κ1) is 10.5. The van der Waals surface area contributed by atoms with Gasteiger partial charge >= 0.3 is 0 Å². The van der Waals surface area contributed by atoms with Crippen LogP contribution in [0.15, 0.2) is 24.3 Å². The average molecular weight is 216 g/mol. The maximum absolute atomic E-state index is 5.94. The first-order valence-corrected chi connectivity index (χ1v) is 5.30. The molecule has 0 aliphatic rings. The van der Waals surface area contributed by atoms with E-state index in [0.29, 0.717) is 11.9 Å². The van der Waals surface area contributed by atoms with Gasteiger partial charge in [0.15, 0.2) is 5.95 Å². The van der Waals surface area contributed by atoms with Crippen LogP contribution in [0.25, 0.3) is 11.3 Å². The van der Waals surface area contributed by atoms with Crippen molar-refractivity contribution in [2.24, 2.45) is 0 Å². The Labute approximate surface area is 94.7 Å². The summed E-state index contributed by atoms with van der Waals surface area (Å²) in [5.41, 5.74) is 15.2. The van der Waals surface area contributed by atoms with Gasteiger partial charge < -0.3 is 16.5 Å². The molecule has 0 bridgehead atoms. The summed E-state index contributed by atoms with van der Waals surface area (Å²) in [5.74, 6) is 0.765. The predicted octanol–water partition coefficient (Wildman–Crippen LogP) is 2.36. The highest BCUT2D eigenvalue weighted by Gasteiger charge is 2.15. The van der Waals surface area contributed by atoms with Gasteiger partial charge in [-0.05, 0) is 12.0 Å². The van der Waals surface area contributed by atoms with Gasteiger partial charge in [0.2, 0.25) is 0 Å². The summed E-state index contributed by atoms with van der Waals surface area (Å²) in [4.78, 5) is 7.39. The Morgan fingerprint density at radius 1 is 1.19 bits per heavy atom. The van der Waals surface area contributed by atoms with Gasteiger partial charge in [0.1, 0.15) is 0 Å². The summed E-state index contributed by atoms with van der Waals surface area (Å²) >= 11 is 0. The molecule has 0 amide bonds. The van der Waals surface area contributed by atoms with E-state index in [4.69, 9.17) is 11.5 Å². The number of nitrogens with one attached hydrogen (secondary N) is 1. The van der Waals surface area contributed by atoms with Gasteiger partial charge in [-0.3, -0.25) is 0 Å². The lowest BCUT2D eigenvalue weighted by Crippen LogP contribution is -1.95. The Balaban J connectivity index is 2.60. The highest BCUT2D eigenvalue weighted by atomic mass is 15.0. The first-order valence-electron chi connectivity index (χ1n) is 5.30. The number of aromatic amines is 1. The van der Waals surface area contributed by atoms with Gasteiger partial charge in [-0.25, -0.2) is 4.98 Å². The highest BCUT2D eigenvalue weighted by molar-refractivity contribution is 5.76. The molecule has 2 aromatic rings. The van der Waals surface area contributed by atoms with Crippen molar-refractivity contribution in [2.45, 2.75) is 19.8 Å². The van der Waals surface area contributed by atoms with E-state index in [9.17, 15) is 0 Å². The van der Waals surface area contributed by atoms with Crippen LogP contribution >= 0.6 is 0 Å². The van der Waals surface area contributed by atoms with Crippen LogP contribution in [0.2, 0.25) is 0 Å². The fraction of sp³-hybridized carbons (Fsp3) is 0.250. The third kappa shape index (κ3) is 1.74. The molecule has 4 heteroatoms. The molecule has 0 spiro atoms. The van der Waals surface area contributed by atoms with Crippen LogP contribution < -0.4 is 11.5 Å². The lowest BCUT2D eigenvalue weighted by Gasteiger charge is -2.07. The van der Waals surface area contributed by atoms with Gasteiger partial charge in [0, 0.05) is 16.9 Å². The molecular formula is C12H16N4. The molecule has 0 fully saturated rings. The van der Waals surface area contributed by atoms with Crippen LogP contribution in [0.5, 0.6) is 0 Å². The minimum atomic E-state index is 0.333. The van der Waals surface area contributed by atoms with E-state index < -0.39 is 0 Å². The number of hydrogen-bond acceptors (Lipinski definition) is 3. The van der Waals surface area contributed by atoms with Crippen molar-refractivity contribution in [2.75, 3.05) is 11.5 Å². The Bertz CT molecular complexity index is 499. The van der Waals surface area contributed by atoms with Gasteiger partial charge in [0.05, 0.1) is 5.69 Å². The maximum atomic E-state index is 5.94. The predicted molar refractivity (Wildman–Crippen MR) is 66.9 cm³/mol. The summed E-state index contributed by atoms with van der Waals surface area (Å²) in [6.45, 7) is 4.19. The van der Waals surface area contributed by atoms with Crippen LogP contribution in [0.4, 0.5) is 11.6 Å². The van der Waals surface area contributed by atoms with Gasteiger partial charge in [-0.1, -0.05) is 32.0 Å². The SMILES string of the molecule is CC(C)c1[nH]c(N)nc1-c1ccccc1N. The second-order valence-electron chi connectivity index (χ2n) is 4.13. The lowest BCUT2D eigenvalue weighted by atomic mass is 10.0. The third-order valence-electron chi connectivity index (χ3n) is 2.54. The molecule has 0 unspecified atom stereocenters. The first-order chi connectivity index (χ1) is 7.59. The molecule has 0 radical (unpaired) electrons. The number of nitrogen functional groups attached to an aromatic ring is 2. The third-order valence-corrected chi connectivity index (χ3v) is 2.54. The fourth-order valence-electron chi connectivity index (χ4n) is 1.74. The monoisotopic (exact) mass is 216 g/mol. The number of benzene rings is 1. The van der Waals surface area contributed by atoms with Gasteiger partial charge in [-0.2, -0.15) is 0 Å². The van der Waals surface area contributed by atoms with E-state index in [1.165, 1.54) is 0 Å². The summed E-state index contributed by atoms with van der Waals surface area (Å²) in [6, 6.07) is 7.67.